The molecule has 3 aromatic rings. The Labute approximate surface area is 162 Å². The summed E-state index contributed by atoms with van der Waals surface area (Å²) in [4.78, 5) is 11.0. The average Bonchev–Trinajstić information content (AvgIpc) is 2.70. The zero-order chi connectivity index (χ0) is 20.0. The molecule has 0 aliphatic carbocycles. The smallest absolute Gasteiger partial charge is 0.267 e. The van der Waals surface area contributed by atoms with Crippen LogP contribution in [-0.4, -0.2) is 19.5 Å². The Bertz CT molecular complexity index is 1220. The number of fused-ring (bicyclic) bond motifs is 1. The van der Waals surface area contributed by atoms with Crippen molar-refractivity contribution in [1.29, 1.82) is 0 Å². The van der Waals surface area contributed by atoms with Gasteiger partial charge in [-0.3, -0.25) is 14.7 Å². The summed E-state index contributed by atoms with van der Waals surface area (Å²) in [5, 5.41) is 10.2. The van der Waals surface area contributed by atoms with Crippen LogP contribution in [0.15, 0.2) is 83.8 Å². The number of rotatable bonds is 4. The van der Waals surface area contributed by atoms with Gasteiger partial charge < -0.3 is 0 Å². The molecular formula is C21H16N2O4S. The first kappa shape index (κ1) is 19.2. The van der Waals surface area contributed by atoms with E-state index in [0.717, 1.165) is 16.8 Å². The molecule has 3 aromatic carbocycles. The Kier molecular flexibility index (Phi) is 5.75. The van der Waals surface area contributed by atoms with E-state index < -0.39 is 15.9 Å². The van der Waals surface area contributed by atoms with Crippen LogP contribution in [0.2, 0.25) is 0 Å². The maximum atomic E-state index is 12.7. The molecule has 3 N–H and O–H groups in total. The number of carbonyl (C=O) groups is 1. The van der Waals surface area contributed by atoms with Gasteiger partial charge in [0.2, 0.25) is 0 Å². The van der Waals surface area contributed by atoms with Crippen molar-refractivity contribution < 1.29 is 18.4 Å². The van der Waals surface area contributed by atoms with Gasteiger partial charge in [-0.05, 0) is 47.2 Å². The molecular weight excluding hydrogens is 376 g/mol. The third-order valence-electron chi connectivity index (χ3n) is 3.79. The van der Waals surface area contributed by atoms with Gasteiger partial charge in [0, 0.05) is 11.6 Å². The third kappa shape index (κ3) is 4.76. The van der Waals surface area contributed by atoms with Crippen molar-refractivity contribution in [3.05, 3.63) is 84.4 Å². The standard InChI is InChI=1S/C21H16N2O4S/c24-21(22-25)11-4-1-6-16-7-5-10-19(14-16)23-28(26,27)20-13-12-17-8-2-3-9-18(17)15-20/h2-5,7-15,23,25H,(H,22,24)/b11-4+. The van der Waals surface area contributed by atoms with Crippen LogP contribution < -0.4 is 10.2 Å². The summed E-state index contributed by atoms with van der Waals surface area (Å²) in [6, 6.07) is 19.1. The van der Waals surface area contributed by atoms with Crippen molar-refractivity contribution in [2.45, 2.75) is 4.90 Å². The maximum Gasteiger partial charge on any atom is 0.267 e. The monoisotopic (exact) mass is 392 g/mol. The quantitative estimate of drug-likeness (QED) is 0.275. The summed E-state index contributed by atoms with van der Waals surface area (Å²) >= 11 is 0. The SMILES string of the molecule is O=C(/C=C/C#Cc1cccc(NS(=O)(=O)c2ccc3ccccc3c2)c1)NO. The van der Waals surface area contributed by atoms with Gasteiger partial charge in [-0.2, -0.15) is 0 Å². The highest BCUT2D eigenvalue weighted by Gasteiger charge is 2.14. The molecule has 0 aliphatic rings. The van der Waals surface area contributed by atoms with E-state index in [-0.39, 0.29) is 4.90 Å². The van der Waals surface area contributed by atoms with E-state index in [9.17, 15) is 13.2 Å². The summed E-state index contributed by atoms with van der Waals surface area (Å²) in [6.07, 6.45) is 2.34. The summed E-state index contributed by atoms with van der Waals surface area (Å²) in [7, 11) is -3.75. The molecule has 0 saturated heterocycles. The van der Waals surface area contributed by atoms with Crippen molar-refractivity contribution >= 4 is 32.4 Å². The second-order valence-electron chi connectivity index (χ2n) is 5.77. The van der Waals surface area contributed by atoms with Crippen molar-refractivity contribution in [2.24, 2.45) is 0 Å². The minimum Gasteiger partial charge on any atom is -0.288 e. The summed E-state index contributed by atoms with van der Waals surface area (Å²) in [5.74, 6) is 4.72. The van der Waals surface area contributed by atoms with Gasteiger partial charge in [0.25, 0.3) is 15.9 Å². The molecule has 0 radical (unpaired) electrons. The van der Waals surface area contributed by atoms with Crippen molar-refractivity contribution in [3.8, 4) is 11.8 Å². The van der Waals surface area contributed by atoms with Gasteiger partial charge in [0.15, 0.2) is 0 Å². The Hall–Kier alpha value is -3.60. The minimum absolute atomic E-state index is 0.167. The molecule has 0 aliphatic heterocycles. The molecule has 0 aromatic heterocycles. The van der Waals surface area contributed by atoms with Gasteiger partial charge in [0.1, 0.15) is 0 Å². The second kappa shape index (κ2) is 8.39. The highest BCUT2D eigenvalue weighted by Crippen LogP contribution is 2.21. The summed E-state index contributed by atoms with van der Waals surface area (Å²) in [6.45, 7) is 0. The fraction of sp³-hybridized carbons (Fsp3) is 0. The number of allylic oxidation sites excluding steroid dienone is 1. The first-order valence-electron chi connectivity index (χ1n) is 8.22. The Morgan fingerprint density at radius 3 is 2.54 bits per heavy atom. The van der Waals surface area contributed by atoms with Gasteiger partial charge >= 0.3 is 0 Å². The molecule has 7 heteroatoms. The highest BCUT2D eigenvalue weighted by molar-refractivity contribution is 7.92. The molecule has 6 nitrogen and oxygen atoms in total. The molecule has 0 spiro atoms. The van der Waals surface area contributed by atoms with E-state index in [4.69, 9.17) is 5.21 Å². The number of hydrogen-bond acceptors (Lipinski definition) is 4. The van der Waals surface area contributed by atoms with Crippen LogP contribution >= 0.6 is 0 Å². The highest BCUT2D eigenvalue weighted by atomic mass is 32.2. The second-order valence-corrected chi connectivity index (χ2v) is 7.46. The first-order valence-corrected chi connectivity index (χ1v) is 9.70. The number of carbonyl (C=O) groups excluding carboxylic acids is 1. The van der Waals surface area contributed by atoms with Crippen molar-refractivity contribution in [2.75, 3.05) is 4.72 Å². The van der Waals surface area contributed by atoms with E-state index in [2.05, 4.69) is 16.6 Å². The lowest BCUT2D eigenvalue weighted by molar-refractivity contribution is -0.124. The van der Waals surface area contributed by atoms with E-state index in [1.807, 2.05) is 24.3 Å². The molecule has 28 heavy (non-hydrogen) atoms. The average molecular weight is 392 g/mol. The van der Waals surface area contributed by atoms with Crippen LogP contribution in [0.25, 0.3) is 10.8 Å². The van der Waals surface area contributed by atoms with Crippen molar-refractivity contribution in [1.82, 2.24) is 5.48 Å². The molecule has 0 bridgehead atoms. The van der Waals surface area contributed by atoms with Crippen LogP contribution in [0.4, 0.5) is 5.69 Å². The number of nitrogens with one attached hydrogen (secondary N) is 2. The largest absolute Gasteiger partial charge is 0.288 e. The van der Waals surface area contributed by atoms with Crippen LogP contribution in [-0.2, 0) is 14.8 Å². The molecule has 0 saturated carbocycles. The number of anilines is 1. The maximum absolute atomic E-state index is 12.7. The Morgan fingerprint density at radius 2 is 1.75 bits per heavy atom. The third-order valence-corrected chi connectivity index (χ3v) is 5.17. The van der Waals surface area contributed by atoms with Gasteiger partial charge in [-0.25, -0.2) is 13.9 Å². The predicted molar refractivity (Wildman–Crippen MR) is 107 cm³/mol. The molecule has 0 unspecified atom stereocenters. The number of sulfonamides is 1. The zero-order valence-electron chi connectivity index (χ0n) is 14.6. The van der Waals surface area contributed by atoms with Crippen LogP contribution in [0.1, 0.15) is 5.56 Å². The number of benzene rings is 3. The van der Waals surface area contributed by atoms with Gasteiger partial charge in [0.05, 0.1) is 10.6 Å². The van der Waals surface area contributed by atoms with E-state index >= 15 is 0 Å². The van der Waals surface area contributed by atoms with E-state index in [1.54, 1.807) is 42.5 Å². The lowest BCUT2D eigenvalue weighted by atomic mass is 10.1. The van der Waals surface area contributed by atoms with E-state index in [1.165, 1.54) is 11.6 Å². The van der Waals surface area contributed by atoms with Gasteiger partial charge in [-0.1, -0.05) is 48.2 Å². The molecule has 1 amide bonds. The molecule has 140 valence electrons. The normalized spacial score (nSPS) is 11.0. The van der Waals surface area contributed by atoms with E-state index in [0.29, 0.717) is 11.3 Å². The molecule has 0 atom stereocenters. The molecule has 0 fully saturated rings. The van der Waals surface area contributed by atoms with Crippen LogP contribution in [0.3, 0.4) is 0 Å². The first-order chi connectivity index (χ1) is 13.5. The zero-order valence-corrected chi connectivity index (χ0v) is 15.4. The van der Waals surface area contributed by atoms with Gasteiger partial charge in [-0.15, -0.1) is 0 Å². The summed E-state index contributed by atoms with van der Waals surface area (Å²) < 4.78 is 27.9. The lowest BCUT2D eigenvalue weighted by Crippen LogP contribution is -2.14. The topological polar surface area (TPSA) is 95.5 Å². The number of hydrogen-bond donors (Lipinski definition) is 3. The Morgan fingerprint density at radius 1 is 0.964 bits per heavy atom. The number of hydroxylamine groups is 1. The van der Waals surface area contributed by atoms with Crippen LogP contribution in [0, 0.1) is 11.8 Å². The molecule has 0 heterocycles. The summed E-state index contributed by atoms with van der Waals surface area (Å²) in [5.41, 5.74) is 2.39. The van der Waals surface area contributed by atoms with Crippen LogP contribution in [0.5, 0.6) is 0 Å². The fourth-order valence-electron chi connectivity index (χ4n) is 2.49. The van der Waals surface area contributed by atoms with Crippen molar-refractivity contribution in [3.63, 3.8) is 0 Å². The Balaban J connectivity index is 1.81. The minimum atomic E-state index is -3.75. The fourth-order valence-corrected chi connectivity index (χ4v) is 3.57. The number of amides is 1. The lowest BCUT2D eigenvalue weighted by Gasteiger charge is -2.09. The predicted octanol–water partition coefficient (Wildman–Crippen LogP) is 3.05. The molecule has 3 rings (SSSR count).